The Bertz CT molecular complexity index is 90.6. The maximum absolute atomic E-state index is 8.65. The van der Waals surface area contributed by atoms with Crippen LogP contribution in [0.2, 0.25) is 0 Å². The summed E-state index contributed by atoms with van der Waals surface area (Å²) in [4.78, 5) is 0. The Morgan fingerprint density at radius 2 is 2.25 bits per heavy atom. The van der Waals surface area contributed by atoms with Crippen molar-refractivity contribution in [3.8, 4) is 0 Å². The number of aliphatic hydroxyl groups excluding tert-OH is 1. The first kappa shape index (κ1) is 12.3. The summed E-state index contributed by atoms with van der Waals surface area (Å²) in [6, 6.07) is 0. The van der Waals surface area contributed by atoms with E-state index < -0.39 is 0 Å². The Balaban J connectivity index is 2.97. The van der Waals surface area contributed by atoms with Gasteiger partial charge in [-0.25, -0.2) is 0 Å². The SMILES string of the molecule is CCNCCCSC(C)CCO. The number of hydrogen-bond acceptors (Lipinski definition) is 3. The van der Waals surface area contributed by atoms with E-state index in [9.17, 15) is 0 Å². The third kappa shape index (κ3) is 8.37. The van der Waals surface area contributed by atoms with Crippen LogP contribution < -0.4 is 5.32 Å². The molecule has 74 valence electrons. The molecule has 2 N–H and O–H groups in total. The molecular formula is C9H21NOS. The van der Waals surface area contributed by atoms with E-state index >= 15 is 0 Å². The zero-order chi connectivity index (χ0) is 9.23. The highest BCUT2D eigenvalue weighted by Crippen LogP contribution is 2.13. The normalized spacial score (nSPS) is 13.2. The van der Waals surface area contributed by atoms with Gasteiger partial charge in [0, 0.05) is 11.9 Å². The van der Waals surface area contributed by atoms with Gasteiger partial charge in [0.1, 0.15) is 0 Å². The van der Waals surface area contributed by atoms with Gasteiger partial charge in [-0.1, -0.05) is 13.8 Å². The van der Waals surface area contributed by atoms with Gasteiger partial charge in [0.25, 0.3) is 0 Å². The van der Waals surface area contributed by atoms with Crippen LogP contribution in [-0.2, 0) is 0 Å². The molecule has 0 aliphatic carbocycles. The van der Waals surface area contributed by atoms with Crippen molar-refractivity contribution in [2.24, 2.45) is 0 Å². The molecule has 0 aliphatic rings. The molecule has 1 unspecified atom stereocenters. The van der Waals surface area contributed by atoms with Gasteiger partial charge in [0.2, 0.25) is 0 Å². The molecule has 0 aromatic carbocycles. The van der Waals surface area contributed by atoms with E-state index in [1.165, 1.54) is 12.2 Å². The van der Waals surface area contributed by atoms with Crippen LogP contribution in [0.3, 0.4) is 0 Å². The zero-order valence-electron chi connectivity index (χ0n) is 8.18. The van der Waals surface area contributed by atoms with Crippen molar-refractivity contribution < 1.29 is 5.11 Å². The lowest BCUT2D eigenvalue weighted by Crippen LogP contribution is -2.15. The predicted octanol–water partition coefficient (Wildman–Crippen LogP) is 1.49. The van der Waals surface area contributed by atoms with E-state index in [0.29, 0.717) is 11.9 Å². The Morgan fingerprint density at radius 1 is 1.50 bits per heavy atom. The number of aliphatic hydroxyl groups is 1. The fourth-order valence-electron chi connectivity index (χ4n) is 0.924. The summed E-state index contributed by atoms with van der Waals surface area (Å²) in [5.74, 6) is 1.20. The van der Waals surface area contributed by atoms with Crippen LogP contribution in [0.4, 0.5) is 0 Å². The molecule has 12 heavy (non-hydrogen) atoms. The monoisotopic (exact) mass is 191 g/mol. The molecule has 3 heteroatoms. The average Bonchev–Trinajstić information content (AvgIpc) is 2.05. The lowest BCUT2D eigenvalue weighted by molar-refractivity contribution is 0.289. The molecule has 0 fully saturated rings. The highest BCUT2D eigenvalue weighted by molar-refractivity contribution is 7.99. The van der Waals surface area contributed by atoms with E-state index in [1.807, 2.05) is 11.8 Å². The second-order valence-electron chi connectivity index (χ2n) is 2.90. The van der Waals surface area contributed by atoms with Crippen molar-refractivity contribution in [3.05, 3.63) is 0 Å². The zero-order valence-corrected chi connectivity index (χ0v) is 8.99. The smallest absolute Gasteiger partial charge is 0.0441 e. The molecule has 0 radical (unpaired) electrons. The topological polar surface area (TPSA) is 32.3 Å². The summed E-state index contributed by atoms with van der Waals surface area (Å²) in [7, 11) is 0. The molecule has 0 bridgehead atoms. The summed E-state index contributed by atoms with van der Waals surface area (Å²) < 4.78 is 0. The summed E-state index contributed by atoms with van der Waals surface area (Å²) in [5.41, 5.74) is 0. The van der Waals surface area contributed by atoms with Crippen molar-refractivity contribution in [1.29, 1.82) is 0 Å². The Kier molecular flexibility index (Phi) is 9.57. The number of thioether (sulfide) groups is 1. The van der Waals surface area contributed by atoms with Gasteiger partial charge >= 0.3 is 0 Å². The Hall–Kier alpha value is 0.270. The summed E-state index contributed by atoms with van der Waals surface area (Å²) in [6.07, 6.45) is 2.15. The molecule has 1 atom stereocenters. The molecule has 0 aromatic heterocycles. The number of nitrogens with one attached hydrogen (secondary N) is 1. The van der Waals surface area contributed by atoms with Crippen molar-refractivity contribution >= 4 is 11.8 Å². The van der Waals surface area contributed by atoms with E-state index in [-0.39, 0.29) is 0 Å². The molecule has 0 spiro atoms. The van der Waals surface area contributed by atoms with Crippen LogP contribution in [0.15, 0.2) is 0 Å². The molecule has 0 rings (SSSR count). The first-order valence-electron chi connectivity index (χ1n) is 4.74. The van der Waals surface area contributed by atoms with E-state index in [1.54, 1.807) is 0 Å². The first-order valence-corrected chi connectivity index (χ1v) is 5.79. The van der Waals surface area contributed by atoms with Crippen LogP contribution in [0.25, 0.3) is 0 Å². The van der Waals surface area contributed by atoms with Crippen LogP contribution in [0.5, 0.6) is 0 Å². The number of rotatable bonds is 8. The molecule has 0 saturated carbocycles. The van der Waals surface area contributed by atoms with Gasteiger partial charge in [0.05, 0.1) is 0 Å². The van der Waals surface area contributed by atoms with Gasteiger partial charge in [-0.2, -0.15) is 11.8 Å². The third-order valence-electron chi connectivity index (χ3n) is 1.69. The standard InChI is InChI=1S/C9H21NOS/c1-3-10-6-4-8-12-9(2)5-7-11/h9-11H,3-8H2,1-2H3. The maximum atomic E-state index is 8.65. The fraction of sp³-hybridized carbons (Fsp3) is 1.00. The van der Waals surface area contributed by atoms with Gasteiger partial charge in [-0.3, -0.25) is 0 Å². The van der Waals surface area contributed by atoms with Crippen LogP contribution in [0, 0.1) is 0 Å². The van der Waals surface area contributed by atoms with Crippen molar-refractivity contribution in [2.45, 2.75) is 31.9 Å². The minimum Gasteiger partial charge on any atom is -0.396 e. The largest absolute Gasteiger partial charge is 0.396 e. The highest BCUT2D eigenvalue weighted by atomic mass is 32.2. The van der Waals surface area contributed by atoms with E-state index in [2.05, 4.69) is 19.2 Å². The maximum Gasteiger partial charge on any atom is 0.0441 e. The minimum absolute atomic E-state index is 0.321. The van der Waals surface area contributed by atoms with E-state index in [0.717, 1.165) is 19.5 Å². The minimum atomic E-state index is 0.321. The average molecular weight is 191 g/mol. The molecular weight excluding hydrogens is 170 g/mol. The van der Waals surface area contributed by atoms with Crippen molar-refractivity contribution in [1.82, 2.24) is 5.32 Å². The Labute approximate surface area is 80.1 Å². The van der Waals surface area contributed by atoms with Gasteiger partial charge in [-0.05, 0) is 31.7 Å². The van der Waals surface area contributed by atoms with Crippen LogP contribution in [-0.4, -0.2) is 35.8 Å². The molecule has 0 aliphatic heterocycles. The van der Waals surface area contributed by atoms with Gasteiger partial charge < -0.3 is 10.4 Å². The summed E-state index contributed by atoms with van der Waals surface area (Å²) in [5, 5.41) is 12.6. The van der Waals surface area contributed by atoms with Crippen LogP contribution >= 0.6 is 11.8 Å². The Morgan fingerprint density at radius 3 is 2.83 bits per heavy atom. The van der Waals surface area contributed by atoms with Crippen molar-refractivity contribution in [2.75, 3.05) is 25.4 Å². The van der Waals surface area contributed by atoms with Crippen LogP contribution in [0.1, 0.15) is 26.7 Å². The molecule has 0 saturated heterocycles. The van der Waals surface area contributed by atoms with Gasteiger partial charge in [-0.15, -0.1) is 0 Å². The first-order chi connectivity index (χ1) is 5.81. The lowest BCUT2D eigenvalue weighted by atomic mass is 10.3. The third-order valence-corrected chi connectivity index (χ3v) is 3.02. The quantitative estimate of drug-likeness (QED) is 0.570. The van der Waals surface area contributed by atoms with E-state index in [4.69, 9.17) is 5.11 Å². The second kappa shape index (κ2) is 9.36. The molecule has 0 aromatic rings. The fourth-order valence-corrected chi connectivity index (χ4v) is 1.91. The molecule has 0 heterocycles. The predicted molar refractivity (Wildman–Crippen MR) is 56.8 cm³/mol. The lowest BCUT2D eigenvalue weighted by Gasteiger charge is -2.08. The summed E-state index contributed by atoms with van der Waals surface area (Å²) >= 11 is 1.95. The highest BCUT2D eigenvalue weighted by Gasteiger charge is 1.99. The van der Waals surface area contributed by atoms with Crippen molar-refractivity contribution in [3.63, 3.8) is 0 Å². The molecule has 2 nitrogen and oxygen atoms in total. The van der Waals surface area contributed by atoms with Gasteiger partial charge in [0.15, 0.2) is 0 Å². The summed E-state index contributed by atoms with van der Waals surface area (Å²) in [6.45, 7) is 6.81. The molecule has 0 amide bonds. The number of hydrogen-bond donors (Lipinski definition) is 2. The second-order valence-corrected chi connectivity index (χ2v) is 4.45.